The third kappa shape index (κ3) is 3.60. The van der Waals surface area contributed by atoms with Crippen LogP contribution in [0.5, 0.6) is 0 Å². The molecule has 0 bridgehead atoms. The molecule has 100 valence electrons. The van der Waals surface area contributed by atoms with Crippen molar-refractivity contribution in [1.29, 1.82) is 0 Å². The van der Waals surface area contributed by atoms with E-state index in [2.05, 4.69) is 12.2 Å². The van der Waals surface area contributed by atoms with Crippen molar-refractivity contribution in [3.05, 3.63) is 0 Å². The first-order valence-electron chi connectivity index (χ1n) is 6.26. The summed E-state index contributed by atoms with van der Waals surface area (Å²) in [5, 5.41) is 12.2. The zero-order valence-electron chi connectivity index (χ0n) is 11.6. The van der Waals surface area contributed by atoms with Crippen LogP contribution in [-0.2, 0) is 4.74 Å². The van der Waals surface area contributed by atoms with Crippen molar-refractivity contribution in [2.75, 3.05) is 6.61 Å². The lowest BCUT2D eigenvalue weighted by molar-refractivity contribution is -0.0409. The van der Waals surface area contributed by atoms with E-state index in [9.17, 15) is 9.90 Å². The van der Waals surface area contributed by atoms with E-state index in [1.54, 1.807) is 0 Å². The molecule has 1 amide bonds. The van der Waals surface area contributed by atoms with Gasteiger partial charge in [-0.05, 0) is 52.4 Å². The Morgan fingerprint density at radius 3 is 2.29 bits per heavy atom. The Morgan fingerprint density at radius 1 is 1.41 bits per heavy atom. The molecule has 0 aromatic rings. The first kappa shape index (κ1) is 14.3. The maximum atomic E-state index is 11.7. The number of aliphatic hydroxyl groups excluding tert-OH is 1. The zero-order valence-corrected chi connectivity index (χ0v) is 11.6. The molecular weight excluding hydrogens is 218 g/mol. The van der Waals surface area contributed by atoms with Crippen molar-refractivity contribution < 1.29 is 14.6 Å². The molecule has 1 saturated carbocycles. The van der Waals surface area contributed by atoms with E-state index in [1.807, 2.05) is 27.7 Å². The number of rotatable bonds is 3. The zero-order chi connectivity index (χ0) is 13.3. The van der Waals surface area contributed by atoms with Crippen molar-refractivity contribution in [3.8, 4) is 0 Å². The first-order valence-corrected chi connectivity index (χ1v) is 6.26. The highest BCUT2D eigenvalue weighted by molar-refractivity contribution is 5.69. The summed E-state index contributed by atoms with van der Waals surface area (Å²) in [5.74, 6) is 0. The number of alkyl carbamates (subject to hydrolysis) is 1. The van der Waals surface area contributed by atoms with Crippen LogP contribution in [-0.4, -0.2) is 28.9 Å². The molecule has 0 aromatic heterocycles. The molecule has 0 aromatic carbocycles. The average Bonchev–Trinajstić information content (AvgIpc) is 2.09. The Bertz CT molecular complexity index is 282. The number of amides is 1. The molecule has 1 aliphatic rings. The number of nitrogens with one attached hydrogen (secondary N) is 1. The normalized spacial score (nSPS) is 32.8. The van der Waals surface area contributed by atoms with Crippen LogP contribution in [0, 0.1) is 5.41 Å². The lowest BCUT2D eigenvalue weighted by Gasteiger charge is -2.54. The summed E-state index contributed by atoms with van der Waals surface area (Å²) in [6.07, 6.45) is 2.19. The lowest BCUT2D eigenvalue weighted by atomic mass is 9.57. The Balaban J connectivity index is 2.47. The summed E-state index contributed by atoms with van der Waals surface area (Å²) >= 11 is 0. The molecule has 0 atom stereocenters. The molecule has 1 fully saturated rings. The predicted octanol–water partition coefficient (Wildman–Crippen LogP) is 2.45. The molecule has 17 heavy (non-hydrogen) atoms. The number of ether oxygens (including phenoxy) is 1. The van der Waals surface area contributed by atoms with Gasteiger partial charge in [-0.15, -0.1) is 0 Å². The second kappa shape index (κ2) is 4.48. The average molecular weight is 243 g/mol. The Hall–Kier alpha value is -0.770. The standard InChI is InChI=1S/C13H25NO3/c1-6-13(9-15)7-12(5,8-13)14-10(16)17-11(2,3)4/h15H,6-9H2,1-5H3,(H,14,16). The smallest absolute Gasteiger partial charge is 0.408 e. The topological polar surface area (TPSA) is 58.6 Å². The number of carbonyl (C=O) groups is 1. The molecule has 0 unspecified atom stereocenters. The van der Waals surface area contributed by atoms with E-state index in [4.69, 9.17) is 4.74 Å². The predicted molar refractivity (Wildman–Crippen MR) is 66.8 cm³/mol. The van der Waals surface area contributed by atoms with Gasteiger partial charge in [0.05, 0.1) is 0 Å². The van der Waals surface area contributed by atoms with Gasteiger partial charge in [0.2, 0.25) is 0 Å². The van der Waals surface area contributed by atoms with E-state index < -0.39 is 5.60 Å². The summed E-state index contributed by atoms with van der Waals surface area (Å²) in [7, 11) is 0. The molecule has 4 nitrogen and oxygen atoms in total. The van der Waals surface area contributed by atoms with E-state index in [1.165, 1.54) is 0 Å². The van der Waals surface area contributed by atoms with Gasteiger partial charge in [0.25, 0.3) is 0 Å². The van der Waals surface area contributed by atoms with Gasteiger partial charge >= 0.3 is 6.09 Å². The second-order valence-electron chi connectivity index (χ2n) is 6.55. The maximum absolute atomic E-state index is 11.7. The van der Waals surface area contributed by atoms with Crippen LogP contribution in [0.2, 0.25) is 0 Å². The quantitative estimate of drug-likeness (QED) is 0.800. The molecule has 4 heteroatoms. The second-order valence-corrected chi connectivity index (χ2v) is 6.55. The van der Waals surface area contributed by atoms with Crippen molar-refractivity contribution >= 4 is 6.09 Å². The summed E-state index contributed by atoms with van der Waals surface area (Å²) in [5.41, 5.74) is -0.714. The van der Waals surface area contributed by atoms with Crippen LogP contribution in [0.1, 0.15) is 53.9 Å². The van der Waals surface area contributed by atoms with Crippen LogP contribution in [0.4, 0.5) is 4.79 Å². The van der Waals surface area contributed by atoms with E-state index >= 15 is 0 Å². The first-order chi connectivity index (χ1) is 7.64. The molecule has 2 N–H and O–H groups in total. The monoisotopic (exact) mass is 243 g/mol. The lowest BCUT2D eigenvalue weighted by Crippen LogP contribution is -2.61. The Kier molecular flexibility index (Phi) is 3.77. The molecular formula is C13H25NO3. The van der Waals surface area contributed by atoms with Gasteiger partial charge < -0.3 is 15.2 Å². The van der Waals surface area contributed by atoms with Crippen LogP contribution in [0.3, 0.4) is 0 Å². The van der Waals surface area contributed by atoms with Crippen molar-refractivity contribution in [2.45, 2.75) is 65.0 Å². The fourth-order valence-corrected chi connectivity index (χ4v) is 2.72. The third-order valence-corrected chi connectivity index (χ3v) is 3.42. The fourth-order valence-electron chi connectivity index (χ4n) is 2.72. The van der Waals surface area contributed by atoms with Crippen molar-refractivity contribution in [1.82, 2.24) is 5.32 Å². The van der Waals surface area contributed by atoms with Crippen LogP contribution < -0.4 is 5.32 Å². The molecule has 0 aliphatic heterocycles. The number of hydrogen-bond acceptors (Lipinski definition) is 3. The SMILES string of the molecule is CCC1(CO)CC(C)(NC(=O)OC(C)(C)C)C1. The van der Waals surface area contributed by atoms with Gasteiger partial charge in [-0.3, -0.25) is 0 Å². The van der Waals surface area contributed by atoms with Gasteiger partial charge in [-0.1, -0.05) is 6.92 Å². The van der Waals surface area contributed by atoms with Crippen molar-refractivity contribution in [3.63, 3.8) is 0 Å². The summed E-state index contributed by atoms with van der Waals surface area (Å²) in [4.78, 5) is 11.7. The number of carbonyl (C=O) groups excluding carboxylic acids is 1. The van der Waals surface area contributed by atoms with Crippen LogP contribution >= 0.6 is 0 Å². The molecule has 0 radical (unpaired) electrons. The van der Waals surface area contributed by atoms with Gasteiger partial charge in [-0.2, -0.15) is 0 Å². The van der Waals surface area contributed by atoms with Crippen LogP contribution in [0.15, 0.2) is 0 Å². The minimum absolute atomic E-state index is 0.0102. The fraction of sp³-hybridized carbons (Fsp3) is 0.923. The minimum Gasteiger partial charge on any atom is -0.444 e. The molecule has 1 aliphatic carbocycles. The molecule has 0 heterocycles. The van der Waals surface area contributed by atoms with Crippen molar-refractivity contribution in [2.24, 2.45) is 5.41 Å². The molecule has 1 rings (SSSR count). The summed E-state index contributed by atoms with van der Waals surface area (Å²) in [6, 6.07) is 0. The highest BCUT2D eigenvalue weighted by Crippen LogP contribution is 2.50. The van der Waals surface area contributed by atoms with E-state index in [0.717, 1.165) is 19.3 Å². The largest absolute Gasteiger partial charge is 0.444 e. The minimum atomic E-state index is -0.469. The molecule has 0 saturated heterocycles. The number of aliphatic hydroxyl groups is 1. The Labute approximate surface area is 104 Å². The highest BCUT2D eigenvalue weighted by Gasteiger charge is 2.51. The summed E-state index contributed by atoms with van der Waals surface area (Å²) < 4.78 is 5.23. The Morgan fingerprint density at radius 2 is 1.94 bits per heavy atom. The highest BCUT2D eigenvalue weighted by atomic mass is 16.6. The van der Waals surface area contributed by atoms with Gasteiger partial charge in [0.1, 0.15) is 5.60 Å². The van der Waals surface area contributed by atoms with E-state index in [0.29, 0.717) is 0 Å². The van der Waals surface area contributed by atoms with E-state index in [-0.39, 0.29) is 23.7 Å². The maximum Gasteiger partial charge on any atom is 0.408 e. The summed E-state index contributed by atoms with van der Waals surface area (Å²) in [6.45, 7) is 9.80. The molecule has 0 spiro atoms. The van der Waals surface area contributed by atoms with Gasteiger partial charge in [0, 0.05) is 12.1 Å². The van der Waals surface area contributed by atoms with Gasteiger partial charge in [0.15, 0.2) is 0 Å². The van der Waals surface area contributed by atoms with Crippen LogP contribution in [0.25, 0.3) is 0 Å². The number of hydrogen-bond donors (Lipinski definition) is 2. The third-order valence-electron chi connectivity index (χ3n) is 3.42. The van der Waals surface area contributed by atoms with Gasteiger partial charge in [-0.25, -0.2) is 4.79 Å².